The lowest BCUT2D eigenvalue weighted by molar-refractivity contribution is 0.993. The van der Waals surface area contributed by atoms with Crippen LogP contribution in [0.3, 0.4) is 0 Å². The molecule has 0 spiro atoms. The van der Waals surface area contributed by atoms with Crippen molar-refractivity contribution in [2.45, 2.75) is 13.3 Å². The average Bonchev–Trinajstić information content (AvgIpc) is 2.79. The Labute approximate surface area is 115 Å². The van der Waals surface area contributed by atoms with Gasteiger partial charge in [0.2, 0.25) is 0 Å². The first-order valence-corrected chi connectivity index (χ1v) is 6.91. The fourth-order valence-corrected chi connectivity index (χ4v) is 2.94. The third-order valence-electron chi connectivity index (χ3n) is 2.91. The molecule has 3 aromatic rings. The molecule has 0 amide bonds. The Morgan fingerprint density at radius 1 is 1.21 bits per heavy atom. The van der Waals surface area contributed by atoms with Crippen molar-refractivity contribution < 1.29 is 0 Å². The summed E-state index contributed by atoms with van der Waals surface area (Å²) < 4.78 is 0. The van der Waals surface area contributed by atoms with E-state index in [9.17, 15) is 0 Å². The average molecular weight is 270 g/mol. The molecule has 0 saturated carbocycles. The zero-order valence-corrected chi connectivity index (χ0v) is 11.7. The molecule has 1 N–H and O–H groups in total. The van der Waals surface area contributed by atoms with Gasteiger partial charge in [-0.15, -0.1) is 11.3 Å². The van der Waals surface area contributed by atoms with Gasteiger partial charge >= 0.3 is 0 Å². The number of fused-ring (bicyclic) bond motifs is 1. The van der Waals surface area contributed by atoms with Crippen LogP contribution in [0.15, 0.2) is 30.6 Å². The Bertz CT molecular complexity index is 706. The molecular formula is C14H14N4S. The van der Waals surface area contributed by atoms with Crippen LogP contribution in [-0.2, 0) is 6.42 Å². The summed E-state index contributed by atoms with van der Waals surface area (Å²) in [6.07, 6.45) is 4.31. The highest BCUT2D eigenvalue weighted by Crippen LogP contribution is 2.28. The molecule has 96 valence electrons. The monoisotopic (exact) mass is 270 g/mol. The van der Waals surface area contributed by atoms with Crippen molar-refractivity contribution in [2.24, 2.45) is 0 Å². The molecule has 0 aromatic carbocycles. The smallest absolute Gasteiger partial charge is 0.138 e. The lowest BCUT2D eigenvalue weighted by Gasteiger charge is -2.05. The minimum atomic E-state index is 0.726. The second-order valence-electron chi connectivity index (χ2n) is 4.35. The molecule has 0 aliphatic carbocycles. The molecule has 0 fully saturated rings. The van der Waals surface area contributed by atoms with Crippen LogP contribution < -0.4 is 5.32 Å². The van der Waals surface area contributed by atoms with Gasteiger partial charge < -0.3 is 5.32 Å². The molecule has 19 heavy (non-hydrogen) atoms. The van der Waals surface area contributed by atoms with Crippen molar-refractivity contribution in [2.75, 3.05) is 12.4 Å². The van der Waals surface area contributed by atoms with Crippen LogP contribution in [-0.4, -0.2) is 22.0 Å². The van der Waals surface area contributed by atoms with E-state index in [4.69, 9.17) is 0 Å². The molecule has 0 aliphatic rings. The molecule has 3 aromatic heterocycles. The van der Waals surface area contributed by atoms with Crippen molar-refractivity contribution in [1.82, 2.24) is 15.0 Å². The quantitative estimate of drug-likeness (QED) is 0.795. The van der Waals surface area contributed by atoms with Gasteiger partial charge in [0.1, 0.15) is 16.5 Å². The topological polar surface area (TPSA) is 50.7 Å². The van der Waals surface area contributed by atoms with E-state index in [1.807, 2.05) is 19.2 Å². The van der Waals surface area contributed by atoms with Crippen LogP contribution in [0.5, 0.6) is 0 Å². The number of nitrogens with one attached hydrogen (secondary N) is 1. The van der Waals surface area contributed by atoms with Crippen LogP contribution in [0.4, 0.5) is 5.82 Å². The molecule has 5 heteroatoms. The summed E-state index contributed by atoms with van der Waals surface area (Å²) in [6, 6.07) is 6.11. The van der Waals surface area contributed by atoms with Crippen molar-refractivity contribution in [3.8, 4) is 0 Å². The predicted octanol–water partition coefficient (Wildman–Crippen LogP) is 3.03. The highest BCUT2D eigenvalue weighted by atomic mass is 32.1. The Morgan fingerprint density at radius 3 is 2.74 bits per heavy atom. The second kappa shape index (κ2) is 4.93. The summed E-state index contributed by atoms with van der Waals surface area (Å²) in [6.45, 7) is 2.09. The van der Waals surface area contributed by atoms with Crippen LogP contribution in [0, 0.1) is 6.92 Å². The molecule has 0 radical (unpaired) electrons. The summed E-state index contributed by atoms with van der Waals surface area (Å²) >= 11 is 1.70. The van der Waals surface area contributed by atoms with E-state index in [0.717, 1.165) is 28.3 Å². The lowest BCUT2D eigenvalue weighted by atomic mass is 10.2. The second-order valence-corrected chi connectivity index (χ2v) is 5.58. The molecule has 0 bridgehead atoms. The summed E-state index contributed by atoms with van der Waals surface area (Å²) in [5.74, 6) is 1.74. The van der Waals surface area contributed by atoms with Crippen molar-refractivity contribution >= 4 is 27.4 Å². The molecule has 0 atom stereocenters. The normalized spacial score (nSPS) is 10.8. The molecule has 3 heterocycles. The van der Waals surface area contributed by atoms with Gasteiger partial charge in [0, 0.05) is 30.7 Å². The first kappa shape index (κ1) is 12.0. The summed E-state index contributed by atoms with van der Waals surface area (Å²) in [4.78, 5) is 15.6. The first-order valence-electron chi connectivity index (χ1n) is 6.10. The molecular weight excluding hydrogens is 256 g/mol. The number of aromatic nitrogens is 3. The number of nitrogens with zero attached hydrogens (tertiary/aromatic N) is 3. The van der Waals surface area contributed by atoms with Gasteiger partial charge in [-0.05, 0) is 30.7 Å². The van der Waals surface area contributed by atoms with Crippen LogP contribution >= 0.6 is 11.3 Å². The summed E-state index contributed by atoms with van der Waals surface area (Å²) in [5.41, 5.74) is 1.17. The molecule has 0 aliphatic heterocycles. The van der Waals surface area contributed by atoms with Gasteiger partial charge in [-0.3, -0.25) is 4.98 Å². The zero-order valence-electron chi connectivity index (χ0n) is 10.8. The molecule has 4 nitrogen and oxygen atoms in total. The number of anilines is 1. The molecule has 0 saturated heterocycles. The number of aryl methyl sites for hydroxylation is 1. The van der Waals surface area contributed by atoms with Crippen molar-refractivity contribution in [3.05, 3.63) is 46.9 Å². The van der Waals surface area contributed by atoms with Gasteiger partial charge in [-0.2, -0.15) is 0 Å². The van der Waals surface area contributed by atoms with E-state index in [0.29, 0.717) is 0 Å². The molecule has 0 unspecified atom stereocenters. The van der Waals surface area contributed by atoms with E-state index < -0.39 is 0 Å². The maximum Gasteiger partial charge on any atom is 0.138 e. The van der Waals surface area contributed by atoms with E-state index in [1.54, 1.807) is 23.7 Å². The standard InChI is InChI=1S/C14H14N4S/c1-9-7-11-13(15-2)17-12(18-14(11)19-9)8-10-3-5-16-6-4-10/h3-7H,8H2,1-2H3,(H,15,17,18). The minimum absolute atomic E-state index is 0.726. The summed E-state index contributed by atoms with van der Waals surface area (Å²) in [5, 5.41) is 4.25. The first-order chi connectivity index (χ1) is 9.26. The van der Waals surface area contributed by atoms with Crippen LogP contribution in [0.25, 0.3) is 10.2 Å². The van der Waals surface area contributed by atoms with Gasteiger partial charge in [-0.1, -0.05) is 0 Å². The number of rotatable bonds is 3. The van der Waals surface area contributed by atoms with Crippen molar-refractivity contribution in [1.29, 1.82) is 0 Å². The van der Waals surface area contributed by atoms with Crippen molar-refractivity contribution in [3.63, 3.8) is 0 Å². The zero-order chi connectivity index (χ0) is 13.2. The Balaban J connectivity index is 2.04. The third-order valence-corrected chi connectivity index (χ3v) is 3.86. The SMILES string of the molecule is CNc1nc(Cc2ccncc2)nc2sc(C)cc12. The maximum absolute atomic E-state index is 4.65. The van der Waals surface area contributed by atoms with E-state index in [2.05, 4.69) is 33.3 Å². The maximum atomic E-state index is 4.65. The third kappa shape index (κ3) is 2.42. The predicted molar refractivity (Wildman–Crippen MR) is 78.7 cm³/mol. The Kier molecular flexibility index (Phi) is 3.13. The van der Waals surface area contributed by atoms with Gasteiger partial charge in [-0.25, -0.2) is 9.97 Å². The highest BCUT2D eigenvalue weighted by Gasteiger charge is 2.09. The van der Waals surface area contributed by atoms with E-state index >= 15 is 0 Å². The van der Waals surface area contributed by atoms with Crippen LogP contribution in [0.1, 0.15) is 16.3 Å². The van der Waals surface area contributed by atoms with E-state index in [-0.39, 0.29) is 0 Å². The van der Waals surface area contributed by atoms with Gasteiger partial charge in [0.25, 0.3) is 0 Å². The lowest BCUT2D eigenvalue weighted by Crippen LogP contribution is -2.01. The summed E-state index contributed by atoms with van der Waals surface area (Å²) in [7, 11) is 1.89. The van der Waals surface area contributed by atoms with Gasteiger partial charge in [0.15, 0.2) is 0 Å². The largest absolute Gasteiger partial charge is 0.372 e. The number of hydrogen-bond donors (Lipinski definition) is 1. The van der Waals surface area contributed by atoms with Gasteiger partial charge in [0.05, 0.1) is 5.39 Å². The molecule has 3 rings (SSSR count). The fraction of sp³-hybridized carbons (Fsp3) is 0.214. The number of hydrogen-bond acceptors (Lipinski definition) is 5. The van der Waals surface area contributed by atoms with Crippen LogP contribution in [0.2, 0.25) is 0 Å². The minimum Gasteiger partial charge on any atom is -0.372 e. The Hall–Kier alpha value is -2.01. The number of thiophene rings is 1. The van der Waals surface area contributed by atoms with E-state index in [1.165, 1.54) is 10.4 Å². The Morgan fingerprint density at radius 2 is 2.00 bits per heavy atom. The fourth-order valence-electron chi connectivity index (χ4n) is 2.04. The highest BCUT2D eigenvalue weighted by molar-refractivity contribution is 7.18. The number of pyridine rings is 1.